The molecule has 0 unspecified atom stereocenters. The van der Waals surface area contributed by atoms with Crippen LogP contribution in [0.5, 0.6) is 0 Å². The van der Waals surface area contributed by atoms with Gasteiger partial charge in [-0.2, -0.15) is 0 Å². The van der Waals surface area contributed by atoms with E-state index in [-0.39, 0.29) is 5.82 Å². The van der Waals surface area contributed by atoms with E-state index >= 15 is 0 Å². The van der Waals surface area contributed by atoms with Gasteiger partial charge in [0.15, 0.2) is 0 Å². The topological polar surface area (TPSA) is 12.0 Å². The van der Waals surface area contributed by atoms with Crippen molar-refractivity contribution in [2.45, 2.75) is 26.4 Å². The molecule has 0 aliphatic heterocycles. The fourth-order valence-electron chi connectivity index (χ4n) is 1.90. The van der Waals surface area contributed by atoms with Gasteiger partial charge in [-0.3, -0.25) is 0 Å². The molecule has 2 aromatic rings. The summed E-state index contributed by atoms with van der Waals surface area (Å²) in [6.45, 7) is 4.88. The van der Waals surface area contributed by atoms with Crippen molar-refractivity contribution in [1.29, 1.82) is 0 Å². The highest BCUT2D eigenvalue weighted by Gasteiger charge is 2.08. The van der Waals surface area contributed by atoms with E-state index in [9.17, 15) is 4.39 Å². The fourth-order valence-corrected chi connectivity index (χ4v) is 2.42. The molecule has 0 aliphatic rings. The van der Waals surface area contributed by atoms with E-state index in [1.165, 1.54) is 12.1 Å². The van der Waals surface area contributed by atoms with Crippen molar-refractivity contribution in [2.24, 2.45) is 0 Å². The normalized spacial score (nSPS) is 11.1. The van der Waals surface area contributed by atoms with Crippen LogP contribution >= 0.6 is 23.2 Å². The highest BCUT2D eigenvalue weighted by Crippen LogP contribution is 2.31. The van der Waals surface area contributed by atoms with Crippen molar-refractivity contribution in [3.8, 4) is 11.1 Å². The lowest BCUT2D eigenvalue weighted by molar-refractivity contribution is 0.589. The molecule has 0 aliphatic carbocycles. The molecule has 0 spiro atoms. The third-order valence-electron chi connectivity index (χ3n) is 3.00. The van der Waals surface area contributed by atoms with E-state index in [0.29, 0.717) is 22.6 Å². The quantitative estimate of drug-likeness (QED) is 0.808. The lowest BCUT2D eigenvalue weighted by atomic mass is 10.0. The van der Waals surface area contributed by atoms with Gasteiger partial charge in [-0.05, 0) is 35.4 Å². The molecule has 0 fully saturated rings. The van der Waals surface area contributed by atoms with E-state index in [1.54, 1.807) is 6.07 Å². The van der Waals surface area contributed by atoms with Gasteiger partial charge in [0, 0.05) is 23.2 Å². The molecule has 2 rings (SSSR count). The summed E-state index contributed by atoms with van der Waals surface area (Å²) < 4.78 is 13.1. The zero-order valence-corrected chi connectivity index (χ0v) is 12.9. The lowest BCUT2D eigenvalue weighted by Gasteiger charge is -2.11. The molecule has 1 N–H and O–H groups in total. The molecule has 2 aromatic carbocycles. The Labute approximate surface area is 128 Å². The van der Waals surface area contributed by atoms with Crippen molar-refractivity contribution in [1.82, 2.24) is 5.32 Å². The molecule has 1 nitrogen and oxygen atoms in total. The summed E-state index contributed by atoms with van der Waals surface area (Å²) in [6.07, 6.45) is 0. The predicted molar refractivity (Wildman–Crippen MR) is 83.8 cm³/mol. The van der Waals surface area contributed by atoms with Gasteiger partial charge in [0.1, 0.15) is 5.82 Å². The van der Waals surface area contributed by atoms with Crippen LogP contribution in [0.3, 0.4) is 0 Å². The van der Waals surface area contributed by atoms with Gasteiger partial charge < -0.3 is 5.32 Å². The fraction of sp³-hybridized carbons (Fsp3) is 0.250. The van der Waals surface area contributed by atoms with Gasteiger partial charge >= 0.3 is 0 Å². The largest absolute Gasteiger partial charge is 0.310 e. The number of hydrogen-bond donors (Lipinski definition) is 1. The van der Waals surface area contributed by atoms with Crippen molar-refractivity contribution in [3.05, 3.63) is 57.8 Å². The minimum Gasteiger partial charge on any atom is -0.310 e. The van der Waals surface area contributed by atoms with Crippen molar-refractivity contribution < 1.29 is 4.39 Å². The number of nitrogens with one attached hydrogen (secondary N) is 1. The standard InChI is InChI=1S/C16H16Cl2FN/c1-10(2)20-9-12-4-3-11(7-15(12)17)14-6-5-13(19)8-16(14)18/h3-8,10,20H,9H2,1-2H3. The van der Waals surface area contributed by atoms with E-state index < -0.39 is 0 Å². The maximum absolute atomic E-state index is 13.1. The second-order valence-electron chi connectivity index (χ2n) is 4.97. The molecule has 0 heterocycles. The average Bonchev–Trinajstić information content (AvgIpc) is 2.37. The first-order valence-corrected chi connectivity index (χ1v) is 7.20. The van der Waals surface area contributed by atoms with Crippen molar-refractivity contribution >= 4 is 23.2 Å². The van der Waals surface area contributed by atoms with Crippen molar-refractivity contribution in [2.75, 3.05) is 0 Å². The summed E-state index contributed by atoms with van der Waals surface area (Å²) in [7, 11) is 0. The summed E-state index contributed by atoms with van der Waals surface area (Å²) in [5, 5.41) is 4.38. The Morgan fingerprint density at radius 2 is 1.80 bits per heavy atom. The van der Waals surface area contributed by atoms with Crippen LogP contribution < -0.4 is 5.32 Å². The van der Waals surface area contributed by atoms with Crippen LogP contribution in [-0.4, -0.2) is 6.04 Å². The summed E-state index contributed by atoms with van der Waals surface area (Å²) in [4.78, 5) is 0. The minimum atomic E-state index is -0.345. The van der Waals surface area contributed by atoms with Gasteiger partial charge in [0.2, 0.25) is 0 Å². The summed E-state index contributed by atoms with van der Waals surface area (Å²) in [5.41, 5.74) is 2.69. The molecule has 0 atom stereocenters. The van der Waals surface area contributed by atoms with Gasteiger partial charge in [0.25, 0.3) is 0 Å². The molecule has 0 saturated heterocycles. The van der Waals surface area contributed by atoms with Gasteiger partial charge in [-0.1, -0.05) is 49.2 Å². The van der Waals surface area contributed by atoms with E-state index in [2.05, 4.69) is 19.2 Å². The first-order chi connectivity index (χ1) is 9.47. The summed E-state index contributed by atoms with van der Waals surface area (Å²) >= 11 is 12.4. The predicted octanol–water partition coefficient (Wildman–Crippen LogP) is 5.30. The van der Waals surface area contributed by atoms with Gasteiger partial charge in [-0.15, -0.1) is 0 Å². The van der Waals surface area contributed by atoms with E-state index in [0.717, 1.165) is 16.7 Å². The molecule has 4 heteroatoms. The van der Waals surface area contributed by atoms with Crippen LogP contribution in [0.1, 0.15) is 19.4 Å². The second-order valence-corrected chi connectivity index (χ2v) is 5.78. The molecule has 106 valence electrons. The molecule has 0 bridgehead atoms. The molecule has 0 radical (unpaired) electrons. The number of hydrogen-bond acceptors (Lipinski definition) is 1. The Hall–Kier alpha value is -1.09. The average molecular weight is 312 g/mol. The van der Waals surface area contributed by atoms with Crippen LogP contribution in [0, 0.1) is 5.82 Å². The SMILES string of the molecule is CC(C)NCc1ccc(-c2ccc(F)cc2Cl)cc1Cl. The maximum Gasteiger partial charge on any atom is 0.124 e. The first-order valence-electron chi connectivity index (χ1n) is 6.44. The Balaban J connectivity index is 2.28. The smallest absolute Gasteiger partial charge is 0.124 e. The monoisotopic (exact) mass is 311 g/mol. The van der Waals surface area contributed by atoms with Crippen LogP contribution in [0.4, 0.5) is 4.39 Å². The minimum absolute atomic E-state index is 0.345. The van der Waals surface area contributed by atoms with Crippen LogP contribution in [0.2, 0.25) is 10.0 Å². The third-order valence-corrected chi connectivity index (χ3v) is 3.66. The molecule has 0 aromatic heterocycles. The maximum atomic E-state index is 13.1. The molecular formula is C16H16Cl2FN. The van der Waals surface area contributed by atoms with Gasteiger partial charge in [0.05, 0.1) is 5.02 Å². The first kappa shape index (κ1) is 15.3. The van der Waals surface area contributed by atoms with Crippen molar-refractivity contribution in [3.63, 3.8) is 0 Å². The lowest BCUT2D eigenvalue weighted by Crippen LogP contribution is -2.21. The Morgan fingerprint density at radius 1 is 1.05 bits per heavy atom. The number of benzene rings is 2. The van der Waals surface area contributed by atoms with Gasteiger partial charge in [-0.25, -0.2) is 4.39 Å². The molecule has 0 saturated carbocycles. The Kier molecular flexibility index (Phi) is 5.03. The molecule has 0 amide bonds. The van der Waals surface area contributed by atoms with E-state index in [4.69, 9.17) is 23.2 Å². The second kappa shape index (κ2) is 6.57. The summed E-state index contributed by atoms with van der Waals surface area (Å²) in [5.74, 6) is -0.345. The van der Waals surface area contributed by atoms with E-state index in [1.807, 2.05) is 18.2 Å². The summed E-state index contributed by atoms with van der Waals surface area (Å²) in [6, 6.07) is 10.5. The number of rotatable bonds is 4. The molecular weight excluding hydrogens is 296 g/mol. The zero-order valence-electron chi connectivity index (χ0n) is 11.4. The zero-order chi connectivity index (χ0) is 14.7. The van der Waals surface area contributed by atoms with Crippen LogP contribution in [0.15, 0.2) is 36.4 Å². The van der Waals surface area contributed by atoms with Crippen LogP contribution in [0.25, 0.3) is 11.1 Å². The molecule has 20 heavy (non-hydrogen) atoms. The third kappa shape index (κ3) is 3.72. The highest BCUT2D eigenvalue weighted by molar-refractivity contribution is 6.34. The number of halogens is 3. The Bertz CT molecular complexity index is 611. The van der Waals surface area contributed by atoms with Crippen LogP contribution in [-0.2, 0) is 6.54 Å². The Morgan fingerprint density at radius 3 is 2.40 bits per heavy atom. The highest BCUT2D eigenvalue weighted by atomic mass is 35.5.